The van der Waals surface area contributed by atoms with Crippen molar-refractivity contribution in [3.8, 4) is 0 Å². The fraction of sp³-hybridized carbons (Fsp3) is 0.857. The van der Waals surface area contributed by atoms with Crippen LogP contribution in [0, 0.1) is 0 Å². The highest BCUT2D eigenvalue weighted by Gasteiger charge is 2.32. The van der Waals surface area contributed by atoms with E-state index in [1.807, 2.05) is 11.7 Å². The number of aryl methyl sites for hydroxylation is 1. The van der Waals surface area contributed by atoms with Crippen LogP contribution in [-0.2, 0) is 13.5 Å². The molecule has 18 heavy (non-hydrogen) atoms. The Hall–Kier alpha value is -0.900. The van der Waals surface area contributed by atoms with Crippen molar-refractivity contribution in [1.82, 2.24) is 14.8 Å². The molecule has 2 saturated carbocycles. The van der Waals surface area contributed by atoms with Gasteiger partial charge in [0.15, 0.2) is 5.82 Å². The molecule has 0 saturated heterocycles. The maximum absolute atomic E-state index is 6.44. The zero-order valence-electron chi connectivity index (χ0n) is 11.4. The van der Waals surface area contributed by atoms with E-state index in [2.05, 4.69) is 5.10 Å². The van der Waals surface area contributed by atoms with Crippen LogP contribution in [0.5, 0.6) is 0 Å². The summed E-state index contributed by atoms with van der Waals surface area (Å²) in [7, 11) is 2.01. The zero-order valence-corrected chi connectivity index (χ0v) is 11.4. The molecule has 0 amide bonds. The lowest BCUT2D eigenvalue weighted by Gasteiger charge is -2.22. The van der Waals surface area contributed by atoms with Gasteiger partial charge in [-0.2, -0.15) is 5.10 Å². The first-order valence-electron chi connectivity index (χ1n) is 7.35. The molecule has 1 aromatic rings. The van der Waals surface area contributed by atoms with Crippen molar-refractivity contribution in [2.75, 3.05) is 0 Å². The molecule has 100 valence electrons. The molecule has 0 radical (unpaired) electrons. The summed E-state index contributed by atoms with van der Waals surface area (Å²) in [6.45, 7) is 0. The van der Waals surface area contributed by atoms with E-state index in [0.717, 1.165) is 30.9 Å². The van der Waals surface area contributed by atoms with Crippen molar-refractivity contribution >= 4 is 0 Å². The van der Waals surface area contributed by atoms with Crippen molar-refractivity contribution in [3.63, 3.8) is 0 Å². The molecule has 4 nitrogen and oxygen atoms in total. The number of rotatable bonds is 3. The second-order valence-corrected chi connectivity index (χ2v) is 6.24. The highest BCUT2D eigenvalue weighted by atomic mass is 15.3. The molecule has 0 atom stereocenters. The van der Waals surface area contributed by atoms with E-state index in [0.29, 0.717) is 5.92 Å². The van der Waals surface area contributed by atoms with Gasteiger partial charge in [-0.05, 0) is 25.7 Å². The monoisotopic (exact) mass is 248 g/mol. The molecular weight excluding hydrogens is 224 g/mol. The van der Waals surface area contributed by atoms with Gasteiger partial charge in [0.05, 0.1) is 0 Å². The van der Waals surface area contributed by atoms with Gasteiger partial charge < -0.3 is 5.73 Å². The summed E-state index contributed by atoms with van der Waals surface area (Å²) in [4.78, 5) is 4.77. The predicted molar refractivity (Wildman–Crippen MR) is 71.3 cm³/mol. The molecule has 0 aliphatic heterocycles. The second kappa shape index (κ2) is 4.65. The number of aromatic nitrogens is 3. The summed E-state index contributed by atoms with van der Waals surface area (Å²) in [6, 6.07) is 0. The molecule has 0 spiro atoms. The van der Waals surface area contributed by atoms with E-state index in [1.54, 1.807) is 0 Å². The van der Waals surface area contributed by atoms with Crippen LogP contribution in [0.4, 0.5) is 0 Å². The molecule has 2 aliphatic rings. The van der Waals surface area contributed by atoms with Gasteiger partial charge in [0, 0.05) is 24.9 Å². The van der Waals surface area contributed by atoms with E-state index in [-0.39, 0.29) is 5.54 Å². The number of nitrogens with zero attached hydrogens (tertiary/aromatic N) is 3. The molecule has 0 bridgehead atoms. The van der Waals surface area contributed by atoms with Gasteiger partial charge >= 0.3 is 0 Å². The lowest BCUT2D eigenvalue weighted by molar-refractivity contribution is 0.418. The summed E-state index contributed by atoms with van der Waals surface area (Å²) in [5.74, 6) is 2.75. The van der Waals surface area contributed by atoms with E-state index in [4.69, 9.17) is 10.7 Å². The minimum Gasteiger partial charge on any atom is -0.325 e. The molecular formula is C14H24N4. The summed E-state index contributed by atoms with van der Waals surface area (Å²) in [5, 5.41) is 4.62. The van der Waals surface area contributed by atoms with Crippen molar-refractivity contribution in [2.45, 2.75) is 69.2 Å². The van der Waals surface area contributed by atoms with Crippen LogP contribution in [0.25, 0.3) is 0 Å². The van der Waals surface area contributed by atoms with E-state index >= 15 is 0 Å². The molecule has 2 N–H and O–H groups in total. The summed E-state index contributed by atoms with van der Waals surface area (Å²) < 4.78 is 1.96. The largest absolute Gasteiger partial charge is 0.325 e. The molecule has 1 heterocycles. The van der Waals surface area contributed by atoms with Crippen molar-refractivity contribution in [1.29, 1.82) is 0 Å². The second-order valence-electron chi connectivity index (χ2n) is 6.24. The zero-order chi connectivity index (χ0) is 12.6. The Bertz CT molecular complexity index is 411. The topological polar surface area (TPSA) is 56.7 Å². The Labute approximate surface area is 109 Å². The third kappa shape index (κ3) is 2.30. The maximum atomic E-state index is 6.44. The quantitative estimate of drug-likeness (QED) is 0.893. The summed E-state index contributed by atoms with van der Waals surface area (Å²) in [6.07, 6.45) is 10.9. The Morgan fingerprint density at radius 3 is 2.56 bits per heavy atom. The third-order valence-electron chi connectivity index (χ3n) is 4.70. The third-order valence-corrected chi connectivity index (χ3v) is 4.70. The maximum Gasteiger partial charge on any atom is 0.154 e. The Morgan fingerprint density at radius 1 is 1.22 bits per heavy atom. The van der Waals surface area contributed by atoms with Gasteiger partial charge in [-0.3, -0.25) is 4.68 Å². The van der Waals surface area contributed by atoms with Crippen LogP contribution < -0.4 is 5.73 Å². The van der Waals surface area contributed by atoms with Gasteiger partial charge in [0.2, 0.25) is 0 Å². The van der Waals surface area contributed by atoms with Crippen molar-refractivity contribution in [2.24, 2.45) is 12.8 Å². The fourth-order valence-corrected chi connectivity index (χ4v) is 3.52. The minimum atomic E-state index is -0.0201. The number of hydrogen-bond donors (Lipinski definition) is 1. The van der Waals surface area contributed by atoms with Crippen molar-refractivity contribution < 1.29 is 0 Å². The first kappa shape index (κ1) is 12.2. The van der Waals surface area contributed by atoms with Gasteiger partial charge in [-0.25, -0.2) is 4.98 Å². The van der Waals surface area contributed by atoms with Crippen LogP contribution in [0.15, 0.2) is 0 Å². The van der Waals surface area contributed by atoms with Crippen LogP contribution >= 0.6 is 0 Å². The van der Waals surface area contributed by atoms with Crippen LogP contribution in [-0.4, -0.2) is 20.3 Å². The smallest absolute Gasteiger partial charge is 0.154 e. The van der Waals surface area contributed by atoms with Gasteiger partial charge in [-0.1, -0.05) is 25.7 Å². The molecule has 3 rings (SSSR count). The molecule has 2 aliphatic carbocycles. The minimum absolute atomic E-state index is 0.0201. The molecule has 2 fully saturated rings. The number of nitrogens with two attached hydrogens (primary N) is 1. The van der Waals surface area contributed by atoms with Crippen LogP contribution in [0.2, 0.25) is 0 Å². The van der Waals surface area contributed by atoms with E-state index < -0.39 is 0 Å². The van der Waals surface area contributed by atoms with E-state index in [9.17, 15) is 0 Å². The molecule has 4 heteroatoms. The normalized spacial score (nSPS) is 23.9. The van der Waals surface area contributed by atoms with Crippen LogP contribution in [0.1, 0.15) is 68.9 Å². The molecule has 0 unspecified atom stereocenters. The molecule has 0 aromatic carbocycles. The lowest BCUT2D eigenvalue weighted by atomic mass is 9.94. The van der Waals surface area contributed by atoms with Gasteiger partial charge in [0.25, 0.3) is 0 Å². The van der Waals surface area contributed by atoms with Gasteiger partial charge in [0.1, 0.15) is 5.82 Å². The average Bonchev–Trinajstić information content (AvgIpc) is 3.02. The predicted octanol–water partition coefficient (Wildman–Crippen LogP) is 2.29. The summed E-state index contributed by atoms with van der Waals surface area (Å²) in [5.41, 5.74) is 6.42. The molecule has 1 aromatic heterocycles. The van der Waals surface area contributed by atoms with Gasteiger partial charge in [-0.15, -0.1) is 0 Å². The SMILES string of the molecule is Cn1nc(C2CCCC2)nc1CC1(N)CCCC1. The fourth-order valence-electron chi connectivity index (χ4n) is 3.52. The first-order chi connectivity index (χ1) is 8.66. The average molecular weight is 248 g/mol. The Morgan fingerprint density at radius 2 is 1.89 bits per heavy atom. The lowest BCUT2D eigenvalue weighted by Crippen LogP contribution is -2.39. The summed E-state index contributed by atoms with van der Waals surface area (Å²) >= 11 is 0. The highest BCUT2D eigenvalue weighted by Crippen LogP contribution is 2.33. The Balaban J connectivity index is 1.75. The highest BCUT2D eigenvalue weighted by molar-refractivity contribution is 5.06. The van der Waals surface area contributed by atoms with E-state index in [1.165, 1.54) is 38.5 Å². The van der Waals surface area contributed by atoms with Crippen LogP contribution in [0.3, 0.4) is 0 Å². The first-order valence-corrected chi connectivity index (χ1v) is 7.35. The number of hydrogen-bond acceptors (Lipinski definition) is 3. The van der Waals surface area contributed by atoms with Crippen molar-refractivity contribution in [3.05, 3.63) is 11.6 Å². The Kier molecular flexibility index (Phi) is 3.14. The standard InChI is InChI=1S/C14H24N4/c1-18-12(10-14(15)8-4-5-9-14)16-13(17-18)11-6-2-3-7-11/h11H,2-10,15H2,1H3.